The predicted octanol–water partition coefficient (Wildman–Crippen LogP) is 3.95. The second-order valence-corrected chi connectivity index (χ2v) is 7.01. The average Bonchev–Trinajstić information content (AvgIpc) is 2.56. The van der Waals surface area contributed by atoms with Crippen molar-refractivity contribution in [2.45, 2.75) is 75.5 Å². The number of benzene rings is 1. The molecule has 2 saturated carbocycles. The zero-order chi connectivity index (χ0) is 14.7. The Kier molecular flexibility index (Phi) is 4.97. The molecule has 0 heterocycles. The number of aliphatic hydroxyl groups excluding tert-OH is 1. The number of nitrogens with zero attached hydrogens (tertiary/aromatic N) is 1. The Labute approximate surface area is 129 Å². The van der Waals surface area contributed by atoms with E-state index >= 15 is 0 Å². The SMILES string of the molecule is CN(C1CCCCC1)C1CC(c2ccccc2)CCC1O. The van der Waals surface area contributed by atoms with Crippen molar-refractivity contribution in [1.82, 2.24) is 4.90 Å². The summed E-state index contributed by atoms with van der Waals surface area (Å²) in [6, 6.07) is 11.9. The van der Waals surface area contributed by atoms with Crippen LogP contribution in [0.1, 0.15) is 62.8 Å². The van der Waals surface area contributed by atoms with Gasteiger partial charge in [0.05, 0.1) is 6.10 Å². The Morgan fingerprint density at radius 1 is 0.952 bits per heavy atom. The second-order valence-electron chi connectivity index (χ2n) is 7.01. The van der Waals surface area contributed by atoms with Crippen LogP contribution in [0, 0.1) is 0 Å². The number of hydrogen-bond acceptors (Lipinski definition) is 2. The van der Waals surface area contributed by atoms with Gasteiger partial charge in [-0.2, -0.15) is 0 Å². The van der Waals surface area contributed by atoms with Crippen LogP contribution in [-0.2, 0) is 0 Å². The molecule has 2 nitrogen and oxygen atoms in total. The molecule has 0 aromatic heterocycles. The van der Waals surface area contributed by atoms with Gasteiger partial charge in [0, 0.05) is 12.1 Å². The molecule has 0 amide bonds. The van der Waals surface area contributed by atoms with Crippen molar-refractivity contribution in [3.8, 4) is 0 Å². The fourth-order valence-electron chi connectivity index (χ4n) is 4.36. The summed E-state index contributed by atoms with van der Waals surface area (Å²) in [5.41, 5.74) is 1.45. The van der Waals surface area contributed by atoms with E-state index in [4.69, 9.17) is 0 Å². The smallest absolute Gasteiger partial charge is 0.0695 e. The third-order valence-corrected chi connectivity index (χ3v) is 5.73. The van der Waals surface area contributed by atoms with Gasteiger partial charge in [0.25, 0.3) is 0 Å². The molecule has 0 saturated heterocycles. The van der Waals surface area contributed by atoms with Crippen molar-refractivity contribution in [3.05, 3.63) is 35.9 Å². The molecule has 1 aromatic carbocycles. The van der Waals surface area contributed by atoms with Gasteiger partial charge in [-0.1, -0.05) is 49.6 Å². The Bertz CT molecular complexity index is 426. The maximum atomic E-state index is 10.5. The molecule has 2 heteroatoms. The Morgan fingerprint density at radius 2 is 1.67 bits per heavy atom. The summed E-state index contributed by atoms with van der Waals surface area (Å²) in [7, 11) is 2.25. The molecular weight excluding hydrogens is 258 g/mol. The van der Waals surface area contributed by atoms with Gasteiger partial charge in [-0.15, -0.1) is 0 Å². The molecule has 2 aliphatic rings. The highest BCUT2D eigenvalue weighted by molar-refractivity contribution is 5.20. The van der Waals surface area contributed by atoms with E-state index in [2.05, 4.69) is 42.3 Å². The van der Waals surface area contributed by atoms with E-state index in [-0.39, 0.29) is 6.10 Å². The van der Waals surface area contributed by atoms with Gasteiger partial charge in [-0.05, 0) is 50.6 Å². The number of rotatable bonds is 3. The molecule has 0 spiro atoms. The summed E-state index contributed by atoms with van der Waals surface area (Å²) < 4.78 is 0. The van der Waals surface area contributed by atoms with E-state index < -0.39 is 0 Å². The minimum atomic E-state index is -0.142. The predicted molar refractivity (Wildman–Crippen MR) is 87.5 cm³/mol. The van der Waals surface area contributed by atoms with Crippen LogP contribution in [0.25, 0.3) is 0 Å². The van der Waals surface area contributed by atoms with Crippen molar-refractivity contribution in [2.24, 2.45) is 0 Å². The van der Waals surface area contributed by atoms with E-state index in [0.29, 0.717) is 18.0 Å². The monoisotopic (exact) mass is 287 g/mol. The molecule has 3 atom stereocenters. The van der Waals surface area contributed by atoms with Crippen molar-refractivity contribution < 1.29 is 5.11 Å². The van der Waals surface area contributed by atoms with E-state index in [1.54, 1.807) is 0 Å². The van der Waals surface area contributed by atoms with Crippen LogP contribution in [0.15, 0.2) is 30.3 Å². The molecule has 116 valence electrons. The highest BCUT2D eigenvalue weighted by atomic mass is 16.3. The molecular formula is C19H29NO. The molecule has 2 fully saturated rings. The van der Waals surface area contributed by atoms with Crippen LogP contribution in [0.4, 0.5) is 0 Å². The topological polar surface area (TPSA) is 23.5 Å². The van der Waals surface area contributed by atoms with Crippen molar-refractivity contribution in [1.29, 1.82) is 0 Å². The maximum absolute atomic E-state index is 10.5. The molecule has 2 aliphatic carbocycles. The average molecular weight is 287 g/mol. The van der Waals surface area contributed by atoms with E-state index in [0.717, 1.165) is 19.3 Å². The lowest BCUT2D eigenvalue weighted by atomic mass is 9.78. The van der Waals surface area contributed by atoms with Gasteiger partial charge in [0.1, 0.15) is 0 Å². The molecule has 1 N–H and O–H groups in total. The first-order chi connectivity index (χ1) is 10.3. The van der Waals surface area contributed by atoms with Crippen LogP contribution in [0.3, 0.4) is 0 Å². The van der Waals surface area contributed by atoms with Crippen LogP contribution in [0.2, 0.25) is 0 Å². The van der Waals surface area contributed by atoms with Crippen LogP contribution < -0.4 is 0 Å². The zero-order valence-corrected chi connectivity index (χ0v) is 13.2. The lowest BCUT2D eigenvalue weighted by Gasteiger charge is -2.43. The summed E-state index contributed by atoms with van der Waals surface area (Å²) >= 11 is 0. The quantitative estimate of drug-likeness (QED) is 0.910. The molecule has 3 rings (SSSR count). The minimum absolute atomic E-state index is 0.142. The van der Waals surface area contributed by atoms with E-state index in [1.165, 1.54) is 37.7 Å². The zero-order valence-electron chi connectivity index (χ0n) is 13.2. The van der Waals surface area contributed by atoms with Crippen molar-refractivity contribution in [3.63, 3.8) is 0 Å². The molecule has 0 radical (unpaired) electrons. The van der Waals surface area contributed by atoms with Gasteiger partial charge >= 0.3 is 0 Å². The Hall–Kier alpha value is -0.860. The summed E-state index contributed by atoms with van der Waals surface area (Å²) in [6.07, 6.45) is 9.78. The highest BCUT2D eigenvalue weighted by Crippen LogP contribution is 2.36. The van der Waals surface area contributed by atoms with Crippen LogP contribution >= 0.6 is 0 Å². The molecule has 1 aromatic rings. The maximum Gasteiger partial charge on any atom is 0.0695 e. The first-order valence-electron chi connectivity index (χ1n) is 8.70. The Morgan fingerprint density at radius 3 is 2.38 bits per heavy atom. The summed E-state index contributed by atoms with van der Waals surface area (Å²) in [4.78, 5) is 2.51. The van der Waals surface area contributed by atoms with Gasteiger partial charge < -0.3 is 5.11 Å². The second kappa shape index (κ2) is 6.93. The van der Waals surface area contributed by atoms with Crippen molar-refractivity contribution >= 4 is 0 Å². The van der Waals surface area contributed by atoms with Crippen LogP contribution in [0.5, 0.6) is 0 Å². The molecule has 3 unspecified atom stereocenters. The summed E-state index contributed by atoms with van der Waals surface area (Å²) in [5, 5.41) is 10.5. The van der Waals surface area contributed by atoms with E-state index in [9.17, 15) is 5.11 Å². The minimum Gasteiger partial charge on any atom is -0.391 e. The summed E-state index contributed by atoms with van der Waals surface area (Å²) in [5.74, 6) is 0.616. The van der Waals surface area contributed by atoms with Gasteiger partial charge in [0.2, 0.25) is 0 Å². The lowest BCUT2D eigenvalue weighted by molar-refractivity contribution is -0.000579. The Balaban J connectivity index is 1.68. The summed E-state index contributed by atoms with van der Waals surface area (Å²) in [6.45, 7) is 0. The normalized spacial score (nSPS) is 31.5. The van der Waals surface area contributed by atoms with Crippen LogP contribution in [-0.4, -0.2) is 35.2 Å². The fraction of sp³-hybridized carbons (Fsp3) is 0.684. The third kappa shape index (κ3) is 3.49. The largest absolute Gasteiger partial charge is 0.391 e. The number of hydrogen-bond donors (Lipinski definition) is 1. The lowest BCUT2D eigenvalue weighted by Crippen LogP contribution is -2.49. The highest BCUT2D eigenvalue weighted by Gasteiger charge is 2.35. The first kappa shape index (κ1) is 15.1. The number of aliphatic hydroxyl groups is 1. The molecule has 21 heavy (non-hydrogen) atoms. The standard InChI is InChI=1S/C19H29NO/c1-20(17-10-6-3-7-11-17)18-14-16(12-13-19(18)21)15-8-4-2-5-9-15/h2,4-5,8-9,16-19,21H,3,6-7,10-14H2,1H3. The molecule has 0 aliphatic heterocycles. The third-order valence-electron chi connectivity index (χ3n) is 5.73. The van der Waals surface area contributed by atoms with Crippen molar-refractivity contribution in [2.75, 3.05) is 7.05 Å². The first-order valence-corrected chi connectivity index (χ1v) is 8.70. The van der Waals surface area contributed by atoms with Gasteiger partial charge in [-0.25, -0.2) is 0 Å². The van der Waals surface area contributed by atoms with Gasteiger partial charge in [0.15, 0.2) is 0 Å². The fourth-order valence-corrected chi connectivity index (χ4v) is 4.36. The number of likely N-dealkylation sites (N-methyl/N-ethyl adjacent to an activating group) is 1. The molecule has 0 bridgehead atoms. The van der Waals surface area contributed by atoms with Gasteiger partial charge in [-0.3, -0.25) is 4.90 Å². The van der Waals surface area contributed by atoms with E-state index in [1.807, 2.05) is 0 Å².